The highest BCUT2D eigenvalue weighted by atomic mass is 19.1. The van der Waals surface area contributed by atoms with Gasteiger partial charge in [0.25, 0.3) is 0 Å². The number of halogens is 1. The van der Waals surface area contributed by atoms with Crippen molar-refractivity contribution in [3.63, 3.8) is 0 Å². The summed E-state index contributed by atoms with van der Waals surface area (Å²) in [6.45, 7) is 5.90. The smallest absolute Gasteiger partial charge is 0.413 e. The third-order valence-corrected chi connectivity index (χ3v) is 6.75. The van der Waals surface area contributed by atoms with Crippen LogP contribution in [0, 0.1) is 12.7 Å². The van der Waals surface area contributed by atoms with Crippen molar-refractivity contribution in [3.05, 3.63) is 35.9 Å². The van der Waals surface area contributed by atoms with Crippen LogP contribution in [0.2, 0.25) is 0 Å². The summed E-state index contributed by atoms with van der Waals surface area (Å²) in [5.41, 5.74) is 8.59. The Morgan fingerprint density at radius 2 is 2.09 bits per heavy atom. The van der Waals surface area contributed by atoms with Gasteiger partial charge in [0.05, 0.1) is 24.9 Å². The minimum absolute atomic E-state index is 0.0185. The van der Waals surface area contributed by atoms with Gasteiger partial charge >= 0.3 is 6.09 Å². The van der Waals surface area contributed by atoms with E-state index in [0.29, 0.717) is 65.9 Å². The van der Waals surface area contributed by atoms with Crippen molar-refractivity contribution in [2.75, 3.05) is 55.8 Å². The lowest BCUT2D eigenvalue weighted by Gasteiger charge is -2.46. The number of anilines is 3. The van der Waals surface area contributed by atoms with E-state index in [2.05, 4.69) is 25.5 Å². The molecule has 182 valence electrons. The first-order valence-corrected chi connectivity index (χ1v) is 11.5. The third kappa shape index (κ3) is 3.86. The van der Waals surface area contributed by atoms with Crippen LogP contribution in [0.15, 0.2) is 24.5 Å². The lowest BCUT2D eigenvalue weighted by Crippen LogP contribution is -2.62. The van der Waals surface area contributed by atoms with Gasteiger partial charge in [-0.3, -0.25) is 10.2 Å². The largest absolute Gasteiger partial charge is 0.474 e. The van der Waals surface area contributed by atoms with Crippen molar-refractivity contribution in [1.29, 1.82) is 0 Å². The van der Waals surface area contributed by atoms with Crippen LogP contribution in [-0.2, 0) is 9.47 Å². The average molecular weight is 481 g/mol. The fourth-order valence-electron chi connectivity index (χ4n) is 4.62. The number of amides is 1. The number of hydrogen-bond donors (Lipinski definition) is 3. The number of rotatable bonds is 4. The van der Waals surface area contributed by atoms with Gasteiger partial charge in [-0.05, 0) is 30.0 Å². The van der Waals surface area contributed by atoms with E-state index in [0.717, 1.165) is 24.5 Å². The summed E-state index contributed by atoms with van der Waals surface area (Å²) in [5, 5.41) is 7.00. The Balaban J connectivity index is 1.24. The minimum Gasteiger partial charge on any atom is -0.474 e. The summed E-state index contributed by atoms with van der Waals surface area (Å²) in [6.07, 6.45) is 2.29. The van der Waals surface area contributed by atoms with Gasteiger partial charge in [0.1, 0.15) is 24.2 Å². The minimum atomic E-state index is -0.581. The van der Waals surface area contributed by atoms with Crippen molar-refractivity contribution in [3.8, 4) is 17.0 Å². The zero-order chi connectivity index (χ0) is 24.1. The van der Waals surface area contributed by atoms with Crippen LogP contribution in [0.25, 0.3) is 21.9 Å². The monoisotopic (exact) mass is 480 g/mol. The molecule has 2 saturated heterocycles. The van der Waals surface area contributed by atoms with Crippen molar-refractivity contribution >= 4 is 34.1 Å². The molecule has 0 bridgehead atoms. The van der Waals surface area contributed by atoms with Crippen LogP contribution in [0.1, 0.15) is 5.56 Å². The molecular formula is C24H25FN6O4. The standard InChI is InChI=1S/C24H25FN6O4/c1-12-17(6-29-23-22(12)27-2-3-34-23)16-4-13-5-19(28-7-18(13)21(26)20(16)25)30-24(32)35-15-8-31(9-15)14-10-33-11-14/h4-7,14-15,27H,2-3,8-11,26H2,1H3,(H,28,30,32). The van der Waals surface area contributed by atoms with Crippen molar-refractivity contribution in [2.24, 2.45) is 0 Å². The molecule has 0 radical (unpaired) electrons. The molecule has 0 atom stereocenters. The zero-order valence-corrected chi connectivity index (χ0v) is 19.1. The van der Waals surface area contributed by atoms with Gasteiger partial charge in [-0.2, -0.15) is 0 Å². The van der Waals surface area contributed by atoms with E-state index in [1.165, 1.54) is 6.20 Å². The molecule has 0 saturated carbocycles. The highest BCUT2D eigenvalue weighted by Gasteiger charge is 2.38. The van der Waals surface area contributed by atoms with Crippen molar-refractivity contribution in [2.45, 2.75) is 19.1 Å². The highest BCUT2D eigenvalue weighted by Crippen LogP contribution is 2.39. The van der Waals surface area contributed by atoms with E-state index in [-0.39, 0.29) is 11.8 Å². The Morgan fingerprint density at radius 3 is 2.86 bits per heavy atom. The Labute approximate surface area is 200 Å². The molecule has 0 unspecified atom stereocenters. The zero-order valence-electron chi connectivity index (χ0n) is 19.1. The number of carbonyl (C=O) groups is 1. The lowest BCUT2D eigenvalue weighted by molar-refractivity contribution is -0.121. The van der Waals surface area contributed by atoms with Gasteiger partial charge in [0.15, 0.2) is 5.82 Å². The van der Waals surface area contributed by atoms with E-state index >= 15 is 4.39 Å². The van der Waals surface area contributed by atoms with Crippen molar-refractivity contribution in [1.82, 2.24) is 14.9 Å². The lowest BCUT2D eigenvalue weighted by atomic mass is 9.97. The number of likely N-dealkylation sites (tertiary alicyclic amines) is 1. The van der Waals surface area contributed by atoms with E-state index < -0.39 is 11.9 Å². The Hall–Kier alpha value is -3.70. The normalized spacial score (nSPS) is 18.1. The van der Waals surface area contributed by atoms with Crippen LogP contribution >= 0.6 is 0 Å². The quantitative estimate of drug-likeness (QED) is 0.484. The van der Waals surface area contributed by atoms with E-state index in [1.807, 2.05) is 6.92 Å². The number of carbonyl (C=O) groups excluding carboxylic acids is 1. The fraction of sp³-hybridized carbons (Fsp3) is 0.375. The predicted octanol–water partition coefficient (Wildman–Crippen LogP) is 2.76. The van der Waals surface area contributed by atoms with Gasteiger partial charge in [0, 0.05) is 48.5 Å². The number of hydrogen-bond acceptors (Lipinski definition) is 9. The van der Waals surface area contributed by atoms with E-state index in [1.54, 1.807) is 18.3 Å². The number of benzene rings is 1. The van der Waals surface area contributed by atoms with Crippen LogP contribution in [0.4, 0.5) is 26.4 Å². The number of nitrogens with one attached hydrogen (secondary N) is 2. The number of aromatic nitrogens is 2. The molecule has 2 aromatic heterocycles. The molecule has 35 heavy (non-hydrogen) atoms. The maximum Gasteiger partial charge on any atom is 0.413 e. The Bertz CT molecular complexity index is 1330. The van der Waals surface area contributed by atoms with Crippen LogP contribution < -0.4 is 21.1 Å². The van der Waals surface area contributed by atoms with Gasteiger partial charge in [-0.25, -0.2) is 19.2 Å². The Kier molecular flexibility index (Phi) is 5.30. The SMILES string of the molecule is Cc1c(-c2cc3cc(NC(=O)OC4CN(C5COC5)C4)ncc3c(N)c2F)cnc2c1NCCO2. The third-order valence-electron chi connectivity index (χ3n) is 6.75. The van der Waals surface area contributed by atoms with Gasteiger partial charge in [-0.1, -0.05) is 0 Å². The molecular weight excluding hydrogens is 455 g/mol. The second-order valence-corrected chi connectivity index (χ2v) is 8.99. The summed E-state index contributed by atoms with van der Waals surface area (Å²) >= 11 is 0. The van der Waals surface area contributed by atoms with Gasteiger partial charge < -0.3 is 25.3 Å². The maximum atomic E-state index is 15.3. The molecule has 3 aliphatic rings. The summed E-state index contributed by atoms with van der Waals surface area (Å²) in [5.74, 6) is 0.238. The average Bonchev–Trinajstić information content (AvgIpc) is 2.79. The molecule has 0 aliphatic carbocycles. The van der Waals surface area contributed by atoms with Crippen LogP contribution in [-0.4, -0.2) is 72.6 Å². The molecule has 2 fully saturated rings. The molecule has 1 aromatic carbocycles. The second-order valence-electron chi connectivity index (χ2n) is 8.99. The number of nitrogens with zero attached hydrogens (tertiary/aromatic N) is 3. The number of ether oxygens (including phenoxy) is 3. The van der Waals surface area contributed by atoms with E-state index in [4.69, 9.17) is 19.9 Å². The molecule has 3 aromatic rings. The van der Waals surface area contributed by atoms with E-state index in [9.17, 15) is 4.79 Å². The first-order chi connectivity index (χ1) is 17.0. The number of pyridine rings is 2. The van der Waals surface area contributed by atoms with Crippen LogP contribution in [0.3, 0.4) is 0 Å². The second kappa shape index (κ2) is 8.51. The first-order valence-electron chi connectivity index (χ1n) is 11.5. The molecule has 0 spiro atoms. The molecule has 6 rings (SSSR count). The molecule has 4 N–H and O–H groups in total. The Morgan fingerprint density at radius 1 is 1.26 bits per heavy atom. The molecule has 3 aliphatic heterocycles. The predicted molar refractivity (Wildman–Crippen MR) is 128 cm³/mol. The molecule has 10 nitrogen and oxygen atoms in total. The molecule has 1 amide bonds. The highest BCUT2D eigenvalue weighted by molar-refractivity contribution is 5.99. The number of nitrogen functional groups attached to an aromatic ring is 1. The number of fused-ring (bicyclic) bond motifs is 2. The number of nitrogens with two attached hydrogens (primary N) is 1. The van der Waals surface area contributed by atoms with Crippen LogP contribution in [0.5, 0.6) is 5.88 Å². The fourth-order valence-corrected chi connectivity index (χ4v) is 4.62. The summed E-state index contributed by atoms with van der Waals surface area (Å²) in [6, 6.07) is 3.76. The van der Waals surface area contributed by atoms with Crippen molar-refractivity contribution < 1.29 is 23.4 Å². The summed E-state index contributed by atoms with van der Waals surface area (Å²) < 4.78 is 31.6. The summed E-state index contributed by atoms with van der Waals surface area (Å²) in [7, 11) is 0. The maximum absolute atomic E-state index is 15.3. The van der Waals surface area contributed by atoms with Gasteiger partial charge in [-0.15, -0.1) is 0 Å². The van der Waals surface area contributed by atoms with Gasteiger partial charge in [0.2, 0.25) is 5.88 Å². The molecule has 11 heteroatoms. The first kappa shape index (κ1) is 21.8. The summed E-state index contributed by atoms with van der Waals surface area (Å²) in [4.78, 5) is 23.2. The topological polar surface area (TPSA) is 124 Å². The molecule has 5 heterocycles.